The molecule has 0 aromatic heterocycles. The van der Waals surface area contributed by atoms with Gasteiger partial charge in [-0.05, 0) is 32.1 Å². The Bertz CT molecular complexity index is 342. The number of unbranched alkanes of at least 4 members (excludes halogenated alkanes) is 1. The maximum absolute atomic E-state index is 12.5. The third-order valence-electron chi connectivity index (χ3n) is 4.84. The summed E-state index contributed by atoms with van der Waals surface area (Å²) >= 11 is 0. The summed E-state index contributed by atoms with van der Waals surface area (Å²) < 4.78 is 5.29. The first-order valence-electron chi connectivity index (χ1n) is 8.67. The van der Waals surface area contributed by atoms with Crippen LogP contribution in [0.1, 0.15) is 64.7 Å². The molecule has 0 aromatic rings. The molecule has 4 heteroatoms. The quantitative estimate of drug-likeness (QED) is 0.578. The van der Waals surface area contributed by atoms with E-state index in [9.17, 15) is 9.59 Å². The molecule has 2 fully saturated rings. The Hall–Kier alpha value is -1.06. The van der Waals surface area contributed by atoms with E-state index in [1.54, 1.807) is 0 Å². The number of nitrogens with zero attached hydrogens (tertiary/aromatic N) is 1. The molecular weight excluding hydrogens is 266 g/mol. The number of piperidine rings is 1. The molecular formula is C17H29NO3. The standard InChI is InChI=1S/C17H29NO3/c1-2-3-13-21-17(20)15-9-11-18(12-10-15)16(19)14-7-5-4-6-8-14/h14-15H,2-13H2,1H3. The Kier molecular flexibility index (Phi) is 6.52. The van der Waals surface area contributed by atoms with Crippen molar-refractivity contribution in [3.05, 3.63) is 0 Å². The van der Waals surface area contributed by atoms with Crippen molar-refractivity contribution in [1.82, 2.24) is 4.90 Å². The molecule has 0 spiro atoms. The third kappa shape index (κ3) is 4.72. The van der Waals surface area contributed by atoms with Crippen LogP contribution in [0.25, 0.3) is 0 Å². The topological polar surface area (TPSA) is 46.6 Å². The van der Waals surface area contributed by atoms with E-state index < -0.39 is 0 Å². The van der Waals surface area contributed by atoms with Crippen LogP contribution in [0.5, 0.6) is 0 Å². The van der Waals surface area contributed by atoms with Crippen LogP contribution in [0.3, 0.4) is 0 Å². The average molecular weight is 295 g/mol. The molecule has 0 N–H and O–H groups in total. The van der Waals surface area contributed by atoms with E-state index in [0.717, 1.165) is 51.6 Å². The maximum Gasteiger partial charge on any atom is 0.309 e. The second-order valence-corrected chi connectivity index (χ2v) is 6.46. The van der Waals surface area contributed by atoms with Crippen LogP contribution in [0.2, 0.25) is 0 Å². The van der Waals surface area contributed by atoms with Crippen molar-refractivity contribution in [1.29, 1.82) is 0 Å². The van der Waals surface area contributed by atoms with Crippen molar-refractivity contribution in [2.24, 2.45) is 11.8 Å². The van der Waals surface area contributed by atoms with Crippen molar-refractivity contribution in [3.63, 3.8) is 0 Å². The van der Waals surface area contributed by atoms with Gasteiger partial charge in [0.05, 0.1) is 12.5 Å². The molecule has 1 saturated carbocycles. The number of likely N-dealkylation sites (tertiary alicyclic amines) is 1. The molecule has 1 saturated heterocycles. The highest BCUT2D eigenvalue weighted by Crippen LogP contribution is 2.27. The Labute approximate surface area is 128 Å². The monoisotopic (exact) mass is 295 g/mol. The molecule has 2 aliphatic rings. The number of rotatable bonds is 5. The van der Waals surface area contributed by atoms with Gasteiger partial charge in [0.2, 0.25) is 5.91 Å². The predicted molar refractivity (Wildman–Crippen MR) is 81.7 cm³/mol. The lowest BCUT2D eigenvalue weighted by Crippen LogP contribution is -2.43. The number of amides is 1. The van der Waals surface area contributed by atoms with Gasteiger partial charge in [0, 0.05) is 19.0 Å². The van der Waals surface area contributed by atoms with Crippen LogP contribution < -0.4 is 0 Å². The average Bonchev–Trinajstić information content (AvgIpc) is 2.55. The zero-order valence-electron chi connectivity index (χ0n) is 13.3. The summed E-state index contributed by atoms with van der Waals surface area (Å²) in [5.41, 5.74) is 0. The molecule has 1 heterocycles. The van der Waals surface area contributed by atoms with Gasteiger partial charge in [-0.15, -0.1) is 0 Å². The van der Waals surface area contributed by atoms with E-state index in [1.807, 2.05) is 4.90 Å². The minimum absolute atomic E-state index is 0.00254. The van der Waals surface area contributed by atoms with Gasteiger partial charge >= 0.3 is 5.97 Å². The van der Waals surface area contributed by atoms with Crippen LogP contribution in [0, 0.1) is 11.8 Å². The highest BCUT2D eigenvalue weighted by atomic mass is 16.5. The van der Waals surface area contributed by atoms with Crippen LogP contribution in [0.4, 0.5) is 0 Å². The second kappa shape index (κ2) is 8.40. The van der Waals surface area contributed by atoms with Crippen molar-refractivity contribution in [2.75, 3.05) is 19.7 Å². The van der Waals surface area contributed by atoms with Gasteiger partial charge in [-0.1, -0.05) is 32.6 Å². The zero-order chi connectivity index (χ0) is 15.1. The largest absolute Gasteiger partial charge is 0.465 e. The van der Waals surface area contributed by atoms with Crippen LogP contribution >= 0.6 is 0 Å². The molecule has 1 aliphatic carbocycles. The van der Waals surface area contributed by atoms with Crippen LogP contribution in [-0.2, 0) is 14.3 Å². The van der Waals surface area contributed by atoms with E-state index in [2.05, 4.69) is 6.92 Å². The molecule has 1 aliphatic heterocycles. The molecule has 4 nitrogen and oxygen atoms in total. The first-order valence-corrected chi connectivity index (χ1v) is 8.67. The highest BCUT2D eigenvalue weighted by Gasteiger charge is 2.31. The lowest BCUT2D eigenvalue weighted by molar-refractivity contribution is -0.152. The second-order valence-electron chi connectivity index (χ2n) is 6.46. The first-order chi connectivity index (χ1) is 10.2. The number of ether oxygens (including phenoxy) is 1. The zero-order valence-corrected chi connectivity index (χ0v) is 13.3. The van der Waals surface area contributed by atoms with Crippen molar-refractivity contribution in [2.45, 2.75) is 64.7 Å². The molecule has 0 aromatic carbocycles. The Morgan fingerprint density at radius 3 is 2.29 bits per heavy atom. The number of esters is 1. The predicted octanol–water partition coefficient (Wildman–Crippen LogP) is 3.15. The summed E-state index contributed by atoms with van der Waals surface area (Å²) in [6.07, 6.45) is 9.28. The smallest absolute Gasteiger partial charge is 0.309 e. The van der Waals surface area contributed by atoms with Gasteiger partial charge in [-0.2, -0.15) is 0 Å². The lowest BCUT2D eigenvalue weighted by Gasteiger charge is -2.34. The van der Waals surface area contributed by atoms with Crippen molar-refractivity contribution in [3.8, 4) is 0 Å². The summed E-state index contributed by atoms with van der Waals surface area (Å²) in [7, 11) is 0. The third-order valence-corrected chi connectivity index (χ3v) is 4.84. The molecule has 0 radical (unpaired) electrons. The van der Waals surface area contributed by atoms with E-state index in [-0.39, 0.29) is 17.8 Å². The number of carbonyl (C=O) groups is 2. The molecule has 0 unspecified atom stereocenters. The molecule has 2 rings (SSSR count). The van der Waals surface area contributed by atoms with Gasteiger partial charge in [-0.25, -0.2) is 0 Å². The van der Waals surface area contributed by atoms with E-state index in [1.165, 1.54) is 19.3 Å². The fourth-order valence-corrected chi connectivity index (χ4v) is 3.38. The first kappa shape index (κ1) is 16.3. The van der Waals surface area contributed by atoms with Gasteiger partial charge in [0.15, 0.2) is 0 Å². The fourth-order valence-electron chi connectivity index (χ4n) is 3.38. The number of carbonyl (C=O) groups excluding carboxylic acids is 2. The van der Waals surface area contributed by atoms with Gasteiger partial charge in [0.25, 0.3) is 0 Å². The molecule has 120 valence electrons. The molecule has 1 amide bonds. The normalized spacial score (nSPS) is 21.3. The fraction of sp³-hybridized carbons (Fsp3) is 0.882. The lowest BCUT2D eigenvalue weighted by atomic mass is 9.87. The van der Waals surface area contributed by atoms with Crippen molar-refractivity contribution < 1.29 is 14.3 Å². The summed E-state index contributed by atoms with van der Waals surface area (Å²) in [5.74, 6) is 0.504. The van der Waals surface area contributed by atoms with E-state index >= 15 is 0 Å². The summed E-state index contributed by atoms with van der Waals surface area (Å²) in [5, 5.41) is 0. The minimum Gasteiger partial charge on any atom is -0.465 e. The Morgan fingerprint density at radius 1 is 1.00 bits per heavy atom. The van der Waals surface area contributed by atoms with E-state index in [0.29, 0.717) is 12.5 Å². The van der Waals surface area contributed by atoms with Gasteiger partial charge in [0.1, 0.15) is 0 Å². The van der Waals surface area contributed by atoms with E-state index in [4.69, 9.17) is 4.74 Å². The SMILES string of the molecule is CCCCOC(=O)C1CCN(C(=O)C2CCCCC2)CC1. The summed E-state index contributed by atoms with van der Waals surface area (Å²) in [6.45, 7) is 4.07. The van der Waals surface area contributed by atoms with Crippen LogP contribution in [0.15, 0.2) is 0 Å². The number of hydrogen-bond acceptors (Lipinski definition) is 3. The highest BCUT2D eigenvalue weighted by molar-refractivity contribution is 5.79. The molecule has 0 bridgehead atoms. The number of hydrogen-bond donors (Lipinski definition) is 0. The van der Waals surface area contributed by atoms with Gasteiger partial charge in [-0.3, -0.25) is 9.59 Å². The van der Waals surface area contributed by atoms with Gasteiger partial charge < -0.3 is 9.64 Å². The molecule has 21 heavy (non-hydrogen) atoms. The minimum atomic E-state index is -0.0618. The van der Waals surface area contributed by atoms with Crippen molar-refractivity contribution >= 4 is 11.9 Å². The summed E-state index contributed by atoms with van der Waals surface area (Å²) in [6, 6.07) is 0. The maximum atomic E-state index is 12.5. The Morgan fingerprint density at radius 2 is 1.67 bits per heavy atom. The van der Waals surface area contributed by atoms with Crippen LogP contribution in [-0.4, -0.2) is 36.5 Å². The molecule has 0 atom stereocenters. The Balaban J connectivity index is 1.72. The summed E-state index contributed by atoms with van der Waals surface area (Å²) in [4.78, 5) is 26.4.